The van der Waals surface area contributed by atoms with E-state index in [4.69, 9.17) is 0 Å². The topological polar surface area (TPSA) is 12.9 Å². The number of halogens is 2. The van der Waals surface area contributed by atoms with Crippen LogP contribution in [-0.4, -0.2) is 4.98 Å². The van der Waals surface area contributed by atoms with Crippen LogP contribution in [-0.2, 0) is 0 Å². The largest absolute Gasteiger partial charge is 0.255 e. The molecule has 0 aliphatic carbocycles. The molecular weight excluding hydrogens is 292 g/mol. The Morgan fingerprint density at radius 1 is 1.14 bits per heavy atom. The Labute approximate surface area is 95.1 Å². The van der Waals surface area contributed by atoms with Crippen molar-refractivity contribution in [3.05, 3.63) is 52.0 Å². The van der Waals surface area contributed by atoms with E-state index in [9.17, 15) is 4.39 Å². The molecule has 0 atom stereocenters. The Morgan fingerprint density at radius 3 is 2.50 bits per heavy atom. The van der Waals surface area contributed by atoms with Crippen molar-refractivity contribution in [3.8, 4) is 11.3 Å². The van der Waals surface area contributed by atoms with E-state index < -0.39 is 0 Å². The monoisotopic (exact) mass is 299 g/mol. The Kier molecular flexibility index (Phi) is 2.77. The fourth-order valence-corrected chi connectivity index (χ4v) is 1.48. The normalized spacial score (nSPS) is 10.1. The lowest BCUT2D eigenvalue weighted by Gasteiger charge is -2.00. The van der Waals surface area contributed by atoms with Gasteiger partial charge in [0.15, 0.2) is 0 Å². The van der Waals surface area contributed by atoms with Crippen LogP contribution < -0.4 is 0 Å². The van der Waals surface area contributed by atoms with Gasteiger partial charge in [-0.1, -0.05) is 30.3 Å². The Balaban J connectivity index is 2.48. The molecule has 2 aromatic rings. The highest BCUT2D eigenvalue weighted by molar-refractivity contribution is 14.1. The molecule has 0 radical (unpaired) electrons. The summed E-state index contributed by atoms with van der Waals surface area (Å²) in [5.74, 6) is -0.223. The maximum atomic E-state index is 13.2. The molecule has 0 bridgehead atoms. The lowest BCUT2D eigenvalue weighted by Crippen LogP contribution is -1.88. The van der Waals surface area contributed by atoms with Gasteiger partial charge in [-0.3, -0.25) is 4.98 Å². The van der Waals surface area contributed by atoms with E-state index in [0.29, 0.717) is 9.26 Å². The van der Waals surface area contributed by atoms with Crippen molar-refractivity contribution in [1.82, 2.24) is 4.98 Å². The molecule has 3 heteroatoms. The third-order valence-corrected chi connectivity index (χ3v) is 2.67. The zero-order chi connectivity index (χ0) is 9.97. The van der Waals surface area contributed by atoms with Crippen LogP contribution in [0.1, 0.15) is 0 Å². The smallest absolute Gasteiger partial charge is 0.140 e. The van der Waals surface area contributed by atoms with Gasteiger partial charge in [0.25, 0.3) is 0 Å². The molecule has 0 aliphatic rings. The van der Waals surface area contributed by atoms with E-state index in [1.54, 1.807) is 0 Å². The molecule has 0 N–H and O–H groups in total. The fraction of sp³-hybridized carbons (Fsp3) is 0. The van der Waals surface area contributed by atoms with Gasteiger partial charge in [0.1, 0.15) is 5.82 Å². The summed E-state index contributed by atoms with van der Waals surface area (Å²) in [6.45, 7) is 0. The molecule has 0 spiro atoms. The standard InChI is InChI=1S/C11H7FIN/c12-9-6-11(14-7-10(9)13)8-4-2-1-3-5-8/h1-7H. The highest BCUT2D eigenvalue weighted by atomic mass is 127. The van der Waals surface area contributed by atoms with E-state index >= 15 is 0 Å². The van der Waals surface area contributed by atoms with Crippen molar-refractivity contribution >= 4 is 22.6 Å². The van der Waals surface area contributed by atoms with Gasteiger partial charge in [-0.15, -0.1) is 0 Å². The molecule has 0 fully saturated rings. The molecule has 0 saturated carbocycles. The molecule has 14 heavy (non-hydrogen) atoms. The van der Waals surface area contributed by atoms with Gasteiger partial charge >= 0.3 is 0 Å². The van der Waals surface area contributed by atoms with E-state index in [2.05, 4.69) is 4.98 Å². The highest BCUT2D eigenvalue weighted by Crippen LogP contribution is 2.19. The second kappa shape index (κ2) is 4.04. The summed E-state index contributed by atoms with van der Waals surface area (Å²) < 4.78 is 13.8. The van der Waals surface area contributed by atoms with Gasteiger partial charge in [-0.25, -0.2) is 4.39 Å². The predicted octanol–water partition coefficient (Wildman–Crippen LogP) is 3.49. The minimum Gasteiger partial charge on any atom is -0.255 e. The molecule has 0 aliphatic heterocycles. The third kappa shape index (κ3) is 1.92. The molecule has 0 amide bonds. The van der Waals surface area contributed by atoms with Crippen LogP contribution in [0.4, 0.5) is 4.39 Å². The Morgan fingerprint density at radius 2 is 1.86 bits per heavy atom. The van der Waals surface area contributed by atoms with Crippen LogP contribution in [0.2, 0.25) is 0 Å². The molecule has 1 aromatic carbocycles. The average Bonchev–Trinajstić information content (AvgIpc) is 2.23. The van der Waals surface area contributed by atoms with Gasteiger partial charge in [-0.2, -0.15) is 0 Å². The summed E-state index contributed by atoms with van der Waals surface area (Å²) in [5.41, 5.74) is 1.60. The van der Waals surface area contributed by atoms with Crippen molar-refractivity contribution in [3.63, 3.8) is 0 Å². The first kappa shape index (κ1) is 9.58. The summed E-state index contributed by atoms with van der Waals surface area (Å²) >= 11 is 1.92. The van der Waals surface area contributed by atoms with Crippen molar-refractivity contribution in [2.45, 2.75) is 0 Å². The predicted molar refractivity (Wildman–Crippen MR) is 62.3 cm³/mol. The summed E-state index contributed by atoms with van der Waals surface area (Å²) in [6.07, 6.45) is 1.54. The van der Waals surface area contributed by atoms with Crippen LogP contribution in [0.5, 0.6) is 0 Å². The molecule has 1 nitrogen and oxygen atoms in total. The maximum absolute atomic E-state index is 13.2. The van der Waals surface area contributed by atoms with E-state index in [-0.39, 0.29) is 5.82 Å². The van der Waals surface area contributed by atoms with Gasteiger partial charge in [0.2, 0.25) is 0 Å². The van der Waals surface area contributed by atoms with Crippen LogP contribution in [0.15, 0.2) is 42.6 Å². The summed E-state index contributed by atoms with van der Waals surface area (Å²) in [6, 6.07) is 11.0. The Hall–Kier alpha value is -0.970. The van der Waals surface area contributed by atoms with Crippen LogP contribution >= 0.6 is 22.6 Å². The molecule has 70 valence electrons. The molecule has 0 unspecified atom stereocenters. The second-order valence-corrected chi connectivity index (χ2v) is 4.01. The van der Waals surface area contributed by atoms with Crippen molar-refractivity contribution in [2.75, 3.05) is 0 Å². The first-order chi connectivity index (χ1) is 6.77. The van der Waals surface area contributed by atoms with Gasteiger partial charge < -0.3 is 0 Å². The van der Waals surface area contributed by atoms with Crippen molar-refractivity contribution < 1.29 is 4.39 Å². The van der Waals surface area contributed by atoms with E-state index in [1.165, 1.54) is 12.3 Å². The maximum Gasteiger partial charge on any atom is 0.140 e. The first-order valence-corrected chi connectivity index (χ1v) is 5.22. The first-order valence-electron chi connectivity index (χ1n) is 4.14. The average molecular weight is 299 g/mol. The number of hydrogen-bond donors (Lipinski definition) is 0. The molecule has 0 saturated heterocycles. The van der Waals surface area contributed by atoms with Crippen LogP contribution in [0, 0.1) is 9.39 Å². The fourth-order valence-electron chi connectivity index (χ4n) is 1.18. The lowest BCUT2D eigenvalue weighted by molar-refractivity contribution is 0.618. The second-order valence-electron chi connectivity index (χ2n) is 2.85. The summed E-state index contributed by atoms with van der Waals surface area (Å²) in [4.78, 5) is 4.16. The van der Waals surface area contributed by atoms with Gasteiger partial charge in [-0.05, 0) is 22.6 Å². The highest BCUT2D eigenvalue weighted by Gasteiger charge is 2.03. The summed E-state index contributed by atoms with van der Waals surface area (Å²) in [7, 11) is 0. The molecule has 1 aromatic heterocycles. The van der Waals surface area contributed by atoms with Crippen LogP contribution in [0.3, 0.4) is 0 Å². The zero-order valence-electron chi connectivity index (χ0n) is 7.24. The van der Waals surface area contributed by atoms with E-state index in [1.807, 2.05) is 52.9 Å². The van der Waals surface area contributed by atoms with Crippen LogP contribution in [0.25, 0.3) is 11.3 Å². The molecule has 1 heterocycles. The molecule has 2 rings (SSSR count). The zero-order valence-corrected chi connectivity index (χ0v) is 9.40. The number of benzene rings is 1. The summed E-state index contributed by atoms with van der Waals surface area (Å²) in [5, 5.41) is 0. The van der Waals surface area contributed by atoms with E-state index in [0.717, 1.165) is 5.56 Å². The quantitative estimate of drug-likeness (QED) is 0.735. The van der Waals surface area contributed by atoms with Crippen molar-refractivity contribution in [2.24, 2.45) is 0 Å². The minimum absolute atomic E-state index is 0.223. The Bertz CT molecular complexity index is 442. The number of hydrogen-bond acceptors (Lipinski definition) is 1. The number of rotatable bonds is 1. The lowest BCUT2D eigenvalue weighted by atomic mass is 10.1. The number of nitrogens with zero attached hydrogens (tertiary/aromatic N) is 1. The third-order valence-electron chi connectivity index (χ3n) is 1.88. The van der Waals surface area contributed by atoms with Gasteiger partial charge in [0, 0.05) is 17.8 Å². The molecular formula is C11H7FIN. The minimum atomic E-state index is -0.223. The number of pyridine rings is 1. The van der Waals surface area contributed by atoms with Gasteiger partial charge in [0.05, 0.1) is 9.26 Å². The SMILES string of the molecule is Fc1cc(-c2ccccc2)ncc1I. The number of aromatic nitrogens is 1. The van der Waals surface area contributed by atoms with Crippen molar-refractivity contribution in [1.29, 1.82) is 0 Å².